The molecule has 11 N–H and O–H groups in total. The second-order valence-corrected chi connectivity index (χ2v) is 18.7. The van der Waals surface area contributed by atoms with Crippen LogP contribution in [0.3, 0.4) is 0 Å². The van der Waals surface area contributed by atoms with E-state index in [9.17, 15) is 43.2 Å². The number of nitrogens with two attached hydrogens (primary N) is 1. The molecular formula is C52H64N12O9. The van der Waals surface area contributed by atoms with Crippen molar-refractivity contribution in [2.24, 2.45) is 5.73 Å². The van der Waals surface area contributed by atoms with Crippen LogP contribution in [0.1, 0.15) is 82.0 Å². The quantitative estimate of drug-likeness (QED) is 0.0797. The number of nitrogens with zero attached hydrogens (tertiary/aromatic N) is 2. The van der Waals surface area contributed by atoms with Gasteiger partial charge in [0.1, 0.15) is 42.3 Å². The normalized spacial score (nSPS) is 22.4. The molecule has 0 radical (unpaired) electrons. The van der Waals surface area contributed by atoms with Crippen LogP contribution in [0.2, 0.25) is 0 Å². The van der Waals surface area contributed by atoms with Crippen molar-refractivity contribution >= 4 is 74.8 Å². The minimum absolute atomic E-state index is 0.0118. The van der Waals surface area contributed by atoms with Gasteiger partial charge in [-0.1, -0.05) is 80.4 Å². The van der Waals surface area contributed by atoms with Gasteiger partial charge in [0.05, 0.1) is 12.7 Å². The Hall–Kier alpha value is -8.10. The lowest BCUT2D eigenvalue weighted by Gasteiger charge is -2.42. The van der Waals surface area contributed by atoms with Crippen LogP contribution in [0.4, 0.5) is 0 Å². The van der Waals surface area contributed by atoms with Gasteiger partial charge in [0.25, 0.3) is 0 Å². The number of unbranched alkanes of at least 4 members (excludes halogenated alkanes) is 1. The number of hydrogen-bond donors (Lipinski definition) is 10. The van der Waals surface area contributed by atoms with E-state index in [0.29, 0.717) is 42.5 Å². The Morgan fingerprint density at radius 3 is 2.25 bits per heavy atom. The fourth-order valence-electron chi connectivity index (χ4n) is 9.21. The van der Waals surface area contributed by atoms with Crippen LogP contribution in [-0.2, 0) is 62.4 Å². The summed E-state index contributed by atoms with van der Waals surface area (Å²) in [6.45, 7) is 3.38. The van der Waals surface area contributed by atoms with Crippen LogP contribution in [0.15, 0.2) is 85.5 Å². The summed E-state index contributed by atoms with van der Waals surface area (Å²) in [6.07, 6.45) is 6.27. The van der Waals surface area contributed by atoms with E-state index < -0.39 is 102 Å². The topological polar surface area (TPSA) is 312 Å². The van der Waals surface area contributed by atoms with Crippen molar-refractivity contribution < 1.29 is 43.2 Å². The summed E-state index contributed by atoms with van der Waals surface area (Å²) in [5.41, 5.74) is 8.42. The molecule has 0 saturated carbocycles. The maximum Gasteiger partial charge on any atom is 0.246 e. The predicted molar refractivity (Wildman–Crippen MR) is 270 cm³/mol. The molecule has 9 amide bonds. The van der Waals surface area contributed by atoms with E-state index in [-0.39, 0.29) is 51.6 Å². The third kappa shape index (κ3) is 14.1. The number of aromatic amines is 2. The zero-order valence-electron chi connectivity index (χ0n) is 41.0. The second kappa shape index (κ2) is 24.8. The van der Waals surface area contributed by atoms with Crippen LogP contribution >= 0.6 is 0 Å². The van der Waals surface area contributed by atoms with E-state index in [1.165, 1.54) is 24.3 Å². The standard InChI is InChI=1S/C52H64N12O9/c1-3-4-14-39(58-30(2)65)47(68)61-42-26-45(66)55-20-10-9-16-38(46(53)67)59-48(69)40(24-34-27-56-37-15-8-7-13-36(34)37)62-51(72)44-19-21-64(44)52(73)43(23-31-17-18-32-11-5-6-12-33(32)22-31)63-49(70)41(60-50(42)71)25-35-28-54-29-57-35/h5-8,11-13,15,17-18,22,27-29,38-44,56H,3-4,9-10,14,16,19-21,23-26H2,1-2H3,(H2,53,67)(H,54,57)(H,55,66)(H,58,65)(H,59,69)(H,60,71)(H,61,68)(H,62,72)(H,63,70)/t38-,39-,40-,41-,42-,43+,44-/m0/s1. The van der Waals surface area contributed by atoms with Gasteiger partial charge in [0, 0.05) is 68.3 Å². The Morgan fingerprint density at radius 2 is 1.52 bits per heavy atom. The number of imidazole rings is 1. The Bertz CT molecular complexity index is 2810. The van der Waals surface area contributed by atoms with Gasteiger partial charge in [-0.3, -0.25) is 43.2 Å². The largest absolute Gasteiger partial charge is 0.368 e. The Balaban J connectivity index is 1.23. The molecule has 2 saturated heterocycles. The van der Waals surface area contributed by atoms with Crippen molar-refractivity contribution in [1.82, 2.24) is 57.1 Å². The molecule has 7 rings (SSSR count). The number of carbonyl (C=O) groups is 9. The van der Waals surface area contributed by atoms with Crippen molar-refractivity contribution in [1.29, 1.82) is 0 Å². The highest BCUT2D eigenvalue weighted by molar-refractivity contribution is 5.99. The smallest absolute Gasteiger partial charge is 0.246 e. The predicted octanol–water partition coefficient (Wildman–Crippen LogP) is 0.967. The molecule has 2 fully saturated rings. The van der Waals surface area contributed by atoms with Gasteiger partial charge in [-0.15, -0.1) is 0 Å². The van der Waals surface area contributed by atoms with Crippen LogP contribution < -0.4 is 43.0 Å². The van der Waals surface area contributed by atoms with Gasteiger partial charge in [-0.2, -0.15) is 0 Å². The minimum Gasteiger partial charge on any atom is -0.368 e. The number of carbonyl (C=O) groups excluding carboxylic acids is 9. The number of rotatable bonds is 13. The molecule has 21 nitrogen and oxygen atoms in total. The zero-order valence-corrected chi connectivity index (χ0v) is 41.0. The number of nitrogens with one attached hydrogen (secondary N) is 9. The van der Waals surface area contributed by atoms with E-state index in [0.717, 1.165) is 21.7 Å². The maximum absolute atomic E-state index is 14.9. The lowest BCUT2D eigenvalue weighted by Crippen LogP contribution is -2.65. The highest BCUT2D eigenvalue weighted by atomic mass is 16.2. The number of para-hydroxylation sites is 1. The maximum atomic E-state index is 14.9. The lowest BCUT2D eigenvalue weighted by molar-refractivity contribution is -0.150. The van der Waals surface area contributed by atoms with Crippen molar-refractivity contribution in [3.05, 3.63) is 102 Å². The van der Waals surface area contributed by atoms with Crippen LogP contribution in [-0.4, -0.2) is 128 Å². The SMILES string of the molecule is CCCC[C@H](NC(C)=O)C(=O)N[C@H]1CC(=O)NCCCC[C@@H](C(N)=O)NC(=O)[C@H](Cc2c[nH]c3ccccc23)NC(=O)[C@@H]2CCN2C(=O)[C@@H](Cc2ccc3ccccc3c2)NC(=O)[C@H](Cc2cnc[nH]2)NC1=O. The molecule has 0 bridgehead atoms. The average Bonchev–Trinajstić information content (AvgIpc) is 4.03. The van der Waals surface area contributed by atoms with E-state index in [4.69, 9.17) is 5.73 Å². The van der Waals surface area contributed by atoms with E-state index in [2.05, 4.69) is 52.2 Å². The molecule has 4 heterocycles. The first kappa shape index (κ1) is 52.7. The molecule has 386 valence electrons. The number of H-pyrrole nitrogens is 2. The van der Waals surface area contributed by atoms with Gasteiger partial charge in [-0.25, -0.2) is 4.98 Å². The molecule has 0 unspecified atom stereocenters. The Labute approximate surface area is 421 Å². The van der Waals surface area contributed by atoms with E-state index in [1.54, 1.807) is 6.20 Å². The van der Waals surface area contributed by atoms with E-state index in [1.807, 2.05) is 73.7 Å². The highest BCUT2D eigenvalue weighted by Gasteiger charge is 2.43. The van der Waals surface area contributed by atoms with Crippen LogP contribution in [0.5, 0.6) is 0 Å². The van der Waals surface area contributed by atoms with Crippen LogP contribution in [0.25, 0.3) is 21.7 Å². The fraction of sp³-hybridized carbons (Fsp3) is 0.423. The Kier molecular flexibility index (Phi) is 17.9. The molecule has 73 heavy (non-hydrogen) atoms. The van der Waals surface area contributed by atoms with Crippen molar-refractivity contribution in [2.75, 3.05) is 13.1 Å². The molecule has 21 heteroatoms. The zero-order chi connectivity index (χ0) is 52.0. The first-order valence-electron chi connectivity index (χ1n) is 24.8. The molecule has 2 aliphatic heterocycles. The second-order valence-electron chi connectivity index (χ2n) is 18.7. The Morgan fingerprint density at radius 1 is 0.795 bits per heavy atom. The molecule has 0 spiro atoms. The van der Waals surface area contributed by atoms with Gasteiger partial charge in [-0.05, 0) is 60.1 Å². The highest BCUT2D eigenvalue weighted by Crippen LogP contribution is 2.24. The number of fused-ring (bicyclic) bond motifs is 3. The summed E-state index contributed by atoms with van der Waals surface area (Å²) in [5.74, 6) is -6.28. The molecule has 2 aliphatic rings. The van der Waals surface area contributed by atoms with Gasteiger partial charge < -0.3 is 57.8 Å². The minimum atomic E-state index is -1.55. The molecule has 2 aromatic heterocycles. The molecule has 3 aromatic carbocycles. The van der Waals surface area contributed by atoms with Crippen molar-refractivity contribution in [3.63, 3.8) is 0 Å². The number of amides is 9. The molecular weight excluding hydrogens is 937 g/mol. The summed E-state index contributed by atoms with van der Waals surface area (Å²) in [4.78, 5) is 136. The molecule has 7 atom stereocenters. The third-order valence-electron chi connectivity index (χ3n) is 13.3. The van der Waals surface area contributed by atoms with Gasteiger partial charge >= 0.3 is 0 Å². The van der Waals surface area contributed by atoms with Crippen molar-refractivity contribution in [2.45, 2.75) is 127 Å². The third-order valence-corrected chi connectivity index (χ3v) is 13.3. The number of hydrogen-bond acceptors (Lipinski definition) is 10. The molecule has 0 aliphatic carbocycles. The van der Waals surface area contributed by atoms with Crippen molar-refractivity contribution in [3.8, 4) is 0 Å². The monoisotopic (exact) mass is 1000 g/mol. The summed E-state index contributed by atoms with van der Waals surface area (Å²) in [6, 6.07) is 12.0. The summed E-state index contributed by atoms with van der Waals surface area (Å²) in [7, 11) is 0. The summed E-state index contributed by atoms with van der Waals surface area (Å²) in [5, 5.41) is 21.8. The number of aromatic nitrogens is 3. The first-order valence-corrected chi connectivity index (χ1v) is 24.8. The first-order chi connectivity index (χ1) is 35.2. The fourth-order valence-corrected chi connectivity index (χ4v) is 9.21. The number of benzene rings is 3. The summed E-state index contributed by atoms with van der Waals surface area (Å²) >= 11 is 0. The lowest BCUT2D eigenvalue weighted by atomic mass is 9.95. The van der Waals surface area contributed by atoms with Crippen LogP contribution in [0, 0.1) is 0 Å². The van der Waals surface area contributed by atoms with E-state index >= 15 is 0 Å². The van der Waals surface area contributed by atoms with Gasteiger partial charge in [0.2, 0.25) is 53.2 Å². The molecule has 5 aromatic rings. The average molecular weight is 1000 g/mol. The summed E-state index contributed by atoms with van der Waals surface area (Å²) < 4.78 is 0. The van der Waals surface area contributed by atoms with Gasteiger partial charge in [0.15, 0.2) is 0 Å². The number of primary amides is 1.